The zero-order valence-electron chi connectivity index (χ0n) is 8.60. The lowest BCUT2D eigenvalue weighted by Gasteiger charge is -2.14. The van der Waals surface area contributed by atoms with Gasteiger partial charge in [-0.3, -0.25) is 4.79 Å². The summed E-state index contributed by atoms with van der Waals surface area (Å²) < 4.78 is 10.5. The van der Waals surface area contributed by atoms with Crippen LogP contribution in [0.5, 0.6) is 0 Å². The van der Waals surface area contributed by atoms with Crippen molar-refractivity contribution in [1.82, 2.24) is 4.98 Å². The molecule has 1 N–H and O–H groups in total. The molecular weight excluding hydrogens is 196 g/mol. The zero-order valence-corrected chi connectivity index (χ0v) is 8.60. The van der Waals surface area contributed by atoms with Gasteiger partial charge in [0.1, 0.15) is 18.5 Å². The van der Waals surface area contributed by atoms with Crippen LogP contribution < -0.4 is 10.5 Å². The fourth-order valence-corrected chi connectivity index (χ4v) is 1.66. The van der Waals surface area contributed by atoms with Crippen LogP contribution in [0.15, 0.2) is 23.1 Å². The molecule has 1 aliphatic rings. The minimum absolute atomic E-state index is 0.0506. The highest BCUT2D eigenvalue weighted by Crippen LogP contribution is 2.14. The number of H-pyrrole nitrogens is 1. The average molecular weight is 210 g/mol. The lowest BCUT2D eigenvalue weighted by molar-refractivity contribution is 0.0430. The number of methoxy groups -OCH3 is 1. The number of anilines is 1. The fourth-order valence-electron chi connectivity index (χ4n) is 1.66. The fraction of sp³-hybridized carbons (Fsp3) is 0.500. The lowest BCUT2D eigenvalue weighted by atomic mass is 10.3. The number of nitrogens with one attached hydrogen (secondary N) is 1. The molecule has 1 aromatic heterocycles. The van der Waals surface area contributed by atoms with E-state index in [9.17, 15) is 4.79 Å². The quantitative estimate of drug-likeness (QED) is 0.773. The van der Waals surface area contributed by atoms with Gasteiger partial charge in [0.05, 0.1) is 6.61 Å². The maximum atomic E-state index is 11.5. The van der Waals surface area contributed by atoms with E-state index in [1.165, 1.54) is 0 Å². The maximum Gasteiger partial charge on any atom is 0.271 e. The summed E-state index contributed by atoms with van der Waals surface area (Å²) in [6, 6.07) is 3.59. The first-order valence-corrected chi connectivity index (χ1v) is 4.84. The lowest BCUT2D eigenvalue weighted by Crippen LogP contribution is -2.28. The van der Waals surface area contributed by atoms with Crippen LogP contribution in [-0.2, 0) is 9.47 Å². The number of aromatic nitrogens is 1. The van der Waals surface area contributed by atoms with E-state index < -0.39 is 0 Å². The number of pyridine rings is 1. The molecular formula is C10H14N2O3. The number of aromatic amines is 1. The molecule has 5 nitrogen and oxygen atoms in total. The molecule has 0 radical (unpaired) electrons. The molecule has 1 atom stereocenters. The van der Waals surface area contributed by atoms with Gasteiger partial charge in [-0.1, -0.05) is 0 Å². The van der Waals surface area contributed by atoms with Crippen LogP contribution in [0.1, 0.15) is 0 Å². The normalized spacial score (nSPS) is 20.9. The van der Waals surface area contributed by atoms with Crippen LogP contribution in [0.2, 0.25) is 0 Å². The van der Waals surface area contributed by atoms with E-state index >= 15 is 0 Å². The second-order valence-electron chi connectivity index (χ2n) is 3.48. The van der Waals surface area contributed by atoms with Gasteiger partial charge in [-0.05, 0) is 12.1 Å². The Morgan fingerprint density at radius 3 is 3.33 bits per heavy atom. The van der Waals surface area contributed by atoms with Crippen LogP contribution in [0.3, 0.4) is 0 Å². The Kier molecular flexibility index (Phi) is 3.03. The highest BCUT2D eigenvalue weighted by molar-refractivity contribution is 5.44. The monoisotopic (exact) mass is 210 g/mol. The molecule has 1 fully saturated rings. The SMILES string of the molecule is COCC1CN(c2ccc[nH]c2=O)CO1. The van der Waals surface area contributed by atoms with Gasteiger partial charge < -0.3 is 19.4 Å². The summed E-state index contributed by atoms with van der Waals surface area (Å²) in [5.74, 6) is 0. The van der Waals surface area contributed by atoms with E-state index in [-0.39, 0.29) is 11.7 Å². The van der Waals surface area contributed by atoms with E-state index in [2.05, 4.69) is 4.98 Å². The Balaban J connectivity index is 2.08. The van der Waals surface area contributed by atoms with Gasteiger partial charge in [-0.15, -0.1) is 0 Å². The van der Waals surface area contributed by atoms with Crippen molar-refractivity contribution < 1.29 is 9.47 Å². The molecule has 0 spiro atoms. The average Bonchev–Trinajstić information content (AvgIpc) is 2.68. The van der Waals surface area contributed by atoms with Gasteiger partial charge in [-0.2, -0.15) is 0 Å². The molecule has 0 aliphatic carbocycles. The summed E-state index contributed by atoms with van der Waals surface area (Å²) in [6.45, 7) is 1.70. The summed E-state index contributed by atoms with van der Waals surface area (Å²) >= 11 is 0. The Hall–Kier alpha value is -1.33. The first kappa shape index (κ1) is 10.2. The Labute approximate surface area is 87.6 Å². The highest BCUT2D eigenvalue weighted by atomic mass is 16.5. The van der Waals surface area contributed by atoms with Crippen molar-refractivity contribution >= 4 is 5.69 Å². The van der Waals surface area contributed by atoms with E-state index in [0.29, 0.717) is 25.6 Å². The minimum atomic E-state index is -0.0841. The van der Waals surface area contributed by atoms with Crippen molar-refractivity contribution in [3.63, 3.8) is 0 Å². The number of hydrogen-bond acceptors (Lipinski definition) is 4. The molecule has 0 aromatic carbocycles. The van der Waals surface area contributed by atoms with Crippen molar-refractivity contribution in [3.8, 4) is 0 Å². The highest BCUT2D eigenvalue weighted by Gasteiger charge is 2.24. The van der Waals surface area contributed by atoms with Gasteiger partial charge in [-0.25, -0.2) is 0 Å². The molecule has 0 amide bonds. The van der Waals surface area contributed by atoms with Crippen molar-refractivity contribution in [2.45, 2.75) is 6.10 Å². The van der Waals surface area contributed by atoms with Crippen LogP contribution >= 0.6 is 0 Å². The third-order valence-electron chi connectivity index (χ3n) is 2.38. The van der Waals surface area contributed by atoms with Gasteiger partial charge >= 0.3 is 0 Å². The Morgan fingerprint density at radius 2 is 2.60 bits per heavy atom. The number of ether oxygens (including phenoxy) is 2. The standard InChI is InChI=1S/C10H14N2O3/c1-14-6-8-5-12(7-15-8)9-3-2-4-11-10(9)13/h2-4,8H,5-7H2,1H3,(H,11,13). The van der Waals surface area contributed by atoms with Crippen molar-refractivity contribution in [2.24, 2.45) is 0 Å². The molecule has 2 rings (SSSR count). The van der Waals surface area contributed by atoms with E-state index in [1.54, 1.807) is 25.4 Å². The van der Waals surface area contributed by atoms with Crippen molar-refractivity contribution in [3.05, 3.63) is 28.7 Å². The molecule has 82 valence electrons. The summed E-state index contributed by atoms with van der Waals surface area (Å²) in [5.41, 5.74) is 0.565. The van der Waals surface area contributed by atoms with Crippen molar-refractivity contribution in [2.75, 3.05) is 31.9 Å². The smallest absolute Gasteiger partial charge is 0.271 e. The van der Waals surface area contributed by atoms with Crippen LogP contribution in [-0.4, -0.2) is 38.1 Å². The first-order valence-electron chi connectivity index (χ1n) is 4.84. The van der Waals surface area contributed by atoms with Crippen LogP contribution in [0, 0.1) is 0 Å². The maximum absolute atomic E-state index is 11.5. The summed E-state index contributed by atoms with van der Waals surface area (Å²) in [7, 11) is 1.64. The second kappa shape index (κ2) is 4.46. The predicted molar refractivity (Wildman–Crippen MR) is 56.0 cm³/mol. The minimum Gasteiger partial charge on any atom is -0.382 e. The molecule has 5 heteroatoms. The molecule has 15 heavy (non-hydrogen) atoms. The Morgan fingerprint density at radius 1 is 1.73 bits per heavy atom. The third-order valence-corrected chi connectivity index (χ3v) is 2.38. The zero-order chi connectivity index (χ0) is 10.7. The summed E-state index contributed by atoms with van der Waals surface area (Å²) in [5, 5.41) is 0. The van der Waals surface area contributed by atoms with Crippen LogP contribution in [0.25, 0.3) is 0 Å². The van der Waals surface area contributed by atoms with Gasteiger partial charge in [0.2, 0.25) is 0 Å². The third kappa shape index (κ3) is 2.19. The molecule has 1 unspecified atom stereocenters. The molecule has 0 saturated carbocycles. The summed E-state index contributed by atoms with van der Waals surface area (Å²) in [6.07, 6.45) is 1.67. The predicted octanol–water partition coefficient (Wildman–Crippen LogP) is 0.184. The van der Waals surface area contributed by atoms with E-state index in [0.717, 1.165) is 0 Å². The number of rotatable bonds is 3. The van der Waals surface area contributed by atoms with Crippen LogP contribution in [0.4, 0.5) is 5.69 Å². The molecule has 1 saturated heterocycles. The second-order valence-corrected chi connectivity index (χ2v) is 3.48. The van der Waals surface area contributed by atoms with Gasteiger partial charge in [0, 0.05) is 19.9 Å². The van der Waals surface area contributed by atoms with Gasteiger partial charge in [0.25, 0.3) is 5.56 Å². The largest absolute Gasteiger partial charge is 0.382 e. The number of nitrogens with zero attached hydrogens (tertiary/aromatic N) is 1. The summed E-state index contributed by atoms with van der Waals surface area (Å²) in [4.78, 5) is 16.0. The van der Waals surface area contributed by atoms with Gasteiger partial charge in [0.15, 0.2) is 0 Å². The Bertz CT molecular complexity index is 377. The molecule has 1 aromatic rings. The molecule has 2 heterocycles. The first-order chi connectivity index (χ1) is 7.31. The molecule has 1 aliphatic heterocycles. The van der Waals surface area contributed by atoms with E-state index in [4.69, 9.17) is 9.47 Å². The molecule has 0 bridgehead atoms. The van der Waals surface area contributed by atoms with Crippen molar-refractivity contribution in [1.29, 1.82) is 0 Å². The number of hydrogen-bond donors (Lipinski definition) is 1. The topological polar surface area (TPSA) is 54.6 Å². The van der Waals surface area contributed by atoms with E-state index in [1.807, 2.05) is 4.90 Å².